The third-order valence-electron chi connectivity index (χ3n) is 3.73. The minimum Gasteiger partial charge on any atom is -0.456 e. The Morgan fingerprint density at radius 1 is 1.50 bits per heavy atom. The molecule has 0 spiro atoms. The molecule has 96 valence electrons. The minimum atomic E-state index is -0.324. The van der Waals surface area contributed by atoms with Crippen LogP contribution >= 0.6 is 11.8 Å². The summed E-state index contributed by atoms with van der Waals surface area (Å²) >= 11 is 1.88. The lowest BCUT2D eigenvalue weighted by molar-refractivity contribution is 0.413. The number of benzene rings is 1. The predicted molar refractivity (Wildman–Crippen MR) is 73.2 cm³/mol. The Morgan fingerprint density at radius 3 is 3.00 bits per heavy atom. The maximum Gasteiger partial charge on any atom is 0.169 e. The molecular weight excluding hydrogens is 249 g/mol. The molecule has 0 saturated carbocycles. The van der Waals surface area contributed by atoms with E-state index in [-0.39, 0.29) is 16.6 Å². The lowest BCUT2D eigenvalue weighted by Gasteiger charge is -2.28. The highest BCUT2D eigenvalue weighted by atomic mass is 32.2. The third kappa shape index (κ3) is 1.84. The van der Waals surface area contributed by atoms with Crippen LogP contribution in [-0.4, -0.2) is 10.5 Å². The number of hydrogen-bond acceptors (Lipinski definition) is 3. The zero-order valence-electron chi connectivity index (χ0n) is 10.3. The summed E-state index contributed by atoms with van der Waals surface area (Å²) in [7, 11) is 0. The van der Waals surface area contributed by atoms with Crippen molar-refractivity contribution in [3.8, 4) is 0 Å². The summed E-state index contributed by atoms with van der Waals surface area (Å²) in [5.74, 6) is 1.50. The molecule has 2 atom stereocenters. The van der Waals surface area contributed by atoms with Gasteiger partial charge in [0.2, 0.25) is 0 Å². The van der Waals surface area contributed by atoms with E-state index < -0.39 is 0 Å². The number of rotatable bonds is 2. The van der Waals surface area contributed by atoms with Gasteiger partial charge in [0.05, 0.1) is 6.04 Å². The fourth-order valence-electron chi connectivity index (χ4n) is 2.55. The molecule has 0 aliphatic carbocycles. The summed E-state index contributed by atoms with van der Waals surface area (Å²) < 4.78 is 19.2. The summed E-state index contributed by atoms with van der Waals surface area (Å²) in [6, 6.07) is 6.63. The number of halogens is 1. The van der Waals surface area contributed by atoms with Crippen LogP contribution in [0.15, 0.2) is 28.7 Å². The summed E-state index contributed by atoms with van der Waals surface area (Å²) in [5, 5.41) is 0.784. The molecule has 1 fully saturated rings. The van der Waals surface area contributed by atoms with Crippen molar-refractivity contribution >= 4 is 22.7 Å². The van der Waals surface area contributed by atoms with Gasteiger partial charge in [0.15, 0.2) is 11.4 Å². The zero-order valence-corrected chi connectivity index (χ0v) is 11.1. The third-order valence-corrected chi connectivity index (χ3v) is 5.34. The number of fused-ring (bicyclic) bond motifs is 1. The molecule has 1 aromatic heterocycles. The monoisotopic (exact) mass is 265 g/mol. The quantitative estimate of drug-likeness (QED) is 0.896. The van der Waals surface area contributed by atoms with Crippen LogP contribution in [0.25, 0.3) is 11.0 Å². The van der Waals surface area contributed by atoms with Crippen LogP contribution in [0, 0.1) is 5.82 Å². The normalized spacial score (nSPS) is 25.7. The van der Waals surface area contributed by atoms with E-state index in [0.29, 0.717) is 11.3 Å². The van der Waals surface area contributed by atoms with Gasteiger partial charge in [-0.05, 0) is 37.7 Å². The van der Waals surface area contributed by atoms with Crippen LogP contribution in [-0.2, 0) is 0 Å². The SMILES string of the molecule is CC1(C(N)c2cc3cccc(F)c3o2)CCCS1. The van der Waals surface area contributed by atoms with Gasteiger partial charge in [-0.2, -0.15) is 11.8 Å². The Bertz CT molecular complexity index is 574. The summed E-state index contributed by atoms with van der Waals surface area (Å²) in [6.45, 7) is 2.17. The standard InChI is InChI=1S/C14H16FNOS/c1-14(6-3-7-18-14)13(16)11-8-9-4-2-5-10(15)12(9)17-11/h2,4-5,8,13H,3,6-7,16H2,1H3. The Balaban J connectivity index is 2.01. The molecule has 2 N–H and O–H groups in total. The molecule has 1 aromatic carbocycles. The number of nitrogens with two attached hydrogens (primary N) is 1. The molecule has 2 aromatic rings. The minimum absolute atomic E-state index is 0.00432. The second-order valence-corrected chi connectivity index (χ2v) is 6.68. The molecule has 0 amide bonds. The molecule has 18 heavy (non-hydrogen) atoms. The zero-order chi connectivity index (χ0) is 12.8. The molecule has 2 heterocycles. The predicted octanol–water partition coefficient (Wildman–Crippen LogP) is 3.86. The number of hydrogen-bond donors (Lipinski definition) is 1. The summed E-state index contributed by atoms with van der Waals surface area (Å²) in [5.41, 5.74) is 6.63. The summed E-state index contributed by atoms with van der Waals surface area (Å²) in [6.07, 6.45) is 2.27. The van der Waals surface area contributed by atoms with Crippen molar-refractivity contribution in [1.29, 1.82) is 0 Å². The van der Waals surface area contributed by atoms with Crippen molar-refractivity contribution in [1.82, 2.24) is 0 Å². The maximum absolute atomic E-state index is 13.6. The number of furan rings is 1. The van der Waals surface area contributed by atoms with Crippen LogP contribution in [0.2, 0.25) is 0 Å². The highest BCUT2D eigenvalue weighted by Gasteiger charge is 2.38. The number of para-hydroxylation sites is 1. The topological polar surface area (TPSA) is 39.2 Å². The Hall–Kier alpha value is -1.000. The number of thioether (sulfide) groups is 1. The van der Waals surface area contributed by atoms with Gasteiger partial charge in [-0.15, -0.1) is 0 Å². The second-order valence-electron chi connectivity index (χ2n) is 5.05. The highest BCUT2D eigenvalue weighted by Crippen LogP contribution is 2.46. The summed E-state index contributed by atoms with van der Waals surface area (Å²) in [4.78, 5) is 0. The van der Waals surface area contributed by atoms with Gasteiger partial charge in [0.25, 0.3) is 0 Å². The van der Waals surface area contributed by atoms with E-state index in [9.17, 15) is 4.39 Å². The van der Waals surface area contributed by atoms with Crippen LogP contribution in [0.4, 0.5) is 4.39 Å². The lowest BCUT2D eigenvalue weighted by atomic mass is 9.95. The van der Waals surface area contributed by atoms with Crippen LogP contribution in [0.1, 0.15) is 31.6 Å². The van der Waals surface area contributed by atoms with Gasteiger partial charge < -0.3 is 10.2 Å². The molecule has 0 bridgehead atoms. The van der Waals surface area contributed by atoms with Gasteiger partial charge in [-0.25, -0.2) is 4.39 Å². The molecule has 1 aliphatic heterocycles. The first kappa shape index (κ1) is 12.1. The van der Waals surface area contributed by atoms with Crippen molar-refractivity contribution in [2.24, 2.45) is 5.73 Å². The molecule has 2 unspecified atom stereocenters. The van der Waals surface area contributed by atoms with Gasteiger partial charge >= 0.3 is 0 Å². The molecule has 0 radical (unpaired) electrons. The largest absolute Gasteiger partial charge is 0.456 e. The Labute approximate surface area is 110 Å². The van der Waals surface area contributed by atoms with E-state index in [1.807, 2.05) is 23.9 Å². The second kappa shape index (κ2) is 4.28. The van der Waals surface area contributed by atoms with Crippen molar-refractivity contribution in [2.75, 3.05) is 5.75 Å². The smallest absolute Gasteiger partial charge is 0.169 e. The van der Waals surface area contributed by atoms with Crippen LogP contribution < -0.4 is 5.73 Å². The average molecular weight is 265 g/mol. The first-order valence-electron chi connectivity index (χ1n) is 6.18. The maximum atomic E-state index is 13.6. The van der Waals surface area contributed by atoms with Crippen molar-refractivity contribution in [3.63, 3.8) is 0 Å². The fourth-order valence-corrected chi connectivity index (χ4v) is 3.89. The Kier molecular flexibility index (Phi) is 2.87. The van der Waals surface area contributed by atoms with E-state index in [1.54, 1.807) is 6.07 Å². The molecule has 4 heteroatoms. The van der Waals surface area contributed by atoms with E-state index in [4.69, 9.17) is 10.2 Å². The van der Waals surface area contributed by atoms with Gasteiger partial charge in [-0.1, -0.05) is 12.1 Å². The van der Waals surface area contributed by atoms with Gasteiger partial charge in [0, 0.05) is 10.1 Å². The van der Waals surface area contributed by atoms with Crippen LogP contribution in [0.5, 0.6) is 0 Å². The van der Waals surface area contributed by atoms with Crippen LogP contribution in [0.3, 0.4) is 0 Å². The van der Waals surface area contributed by atoms with E-state index in [1.165, 1.54) is 12.5 Å². The van der Waals surface area contributed by atoms with Crippen molar-refractivity contribution in [3.05, 3.63) is 35.8 Å². The molecule has 3 rings (SSSR count). The van der Waals surface area contributed by atoms with E-state index in [2.05, 4.69) is 6.92 Å². The van der Waals surface area contributed by atoms with Gasteiger partial charge in [-0.3, -0.25) is 0 Å². The van der Waals surface area contributed by atoms with E-state index >= 15 is 0 Å². The van der Waals surface area contributed by atoms with Gasteiger partial charge in [0.1, 0.15) is 5.76 Å². The van der Waals surface area contributed by atoms with Crippen molar-refractivity contribution < 1.29 is 8.81 Å². The molecular formula is C14H16FNOS. The highest BCUT2D eigenvalue weighted by molar-refractivity contribution is 8.00. The average Bonchev–Trinajstić information content (AvgIpc) is 2.96. The fraction of sp³-hybridized carbons (Fsp3) is 0.429. The molecule has 2 nitrogen and oxygen atoms in total. The molecule has 1 saturated heterocycles. The first-order chi connectivity index (χ1) is 8.60. The first-order valence-corrected chi connectivity index (χ1v) is 7.16. The molecule has 1 aliphatic rings. The van der Waals surface area contributed by atoms with Crippen molar-refractivity contribution in [2.45, 2.75) is 30.6 Å². The van der Waals surface area contributed by atoms with E-state index in [0.717, 1.165) is 17.6 Å². The Morgan fingerprint density at radius 2 is 2.33 bits per heavy atom. The lowest BCUT2D eigenvalue weighted by Crippen LogP contribution is -2.32.